The van der Waals surface area contributed by atoms with Gasteiger partial charge in [0.25, 0.3) is 0 Å². The molecule has 0 aliphatic carbocycles. The molecular formula is C16H25NO2S. The summed E-state index contributed by atoms with van der Waals surface area (Å²) in [5.41, 5.74) is 1.25. The van der Waals surface area contributed by atoms with E-state index in [1.54, 1.807) is 0 Å². The van der Waals surface area contributed by atoms with Gasteiger partial charge < -0.3 is 10.1 Å². The van der Waals surface area contributed by atoms with E-state index in [-0.39, 0.29) is 5.97 Å². The smallest absolute Gasteiger partial charge is 0.316 e. The third kappa shape index (κ3) is 6.44. The molecule has 0 aromatic heterocycles. The molecule has 0 spiro atoms. The van der Waals surface area contributed by atoms with Crippen LogP contribution in [-0.2, 0) is 9.53 Å². The lowest BCUT2D eigenvalue weighted by Crippen LogP contribution is -2.17. The van der Waals surface area contributed by atoms with Crippen LogP contribution in [0.15, 0.2) is 29.2 Å². The van der Waals surface area contributed by atoms with Crippen molar-refractivity contribution in [2.24, 2.45) is 0 Å². The number of rotatable bonds is 9. The fourth-order valence-electron chi connectivity index (χ4n) is 1.81. The lowest BCUT2D eigenvalue weighted by atomic mass is 10.1. The molecule has 0 bridgehead atoms. The summed E-state index contributed by atoms with van der Waals surface area (Å²) in [4.78, 5) is 12.7. The number of hydrogen-bond acceptors (Lipinski definition) is 4. The minimum Gasteiger partial charge on any atom is -0.465 e. The Morgan fingerprint density at radius 3 is 2.90 bits per heavy atom. The number of nitrogens with one attached hydrogen (secondary N) is 1. The molecule has 1 rings (SSSR count). The minimum absolute atomic E-state index is 0.131. The van der Waals surface area contributed by atoms with Crippen molar-refractivity contribution >= 4 is 17.7 Å². The fraction of sp³-hybridized carbons (Fsp3) is 0.562. The van der Waals surface area contributed by atoms with Crippen LogP contribution in [0.4, 0.5) is 0 Å². The number of unbranched alkanes of at least 4 members (excludes halogenated alkanes) is 1. The first-order chi connectivity index (χ1) is 9.67. The van der Waals surface area contributed by atoms with Gasteiger partial charge in [0.15, 0.2) is 0 Å². The van der Waals surface area contributed by atoms with E-state index in [0.717, 1.165) is 24.3 Å². The fourth-order valence-corrected chi connectivity index (χ4v) is 2.57. The highest BCUT2D eigenvalue weighted by Gasteiger charge is 2.07. The Morgan fingerprint density at radius 1 is 1.40 bits per heavy atom. The van der Waals surface area contributed by atoms with Crippen LogP contribution in [0.2, 0.25) is 0 Å². The van der Waals surface area contributed by atoms with Crippen molar-refractivity contribution in [3.05, 3.63) is 29.8 Å². The Balaban J connectivity index is 2.44. The molecule has 1 aromatic carbocycles. The van der Waals surface area contributed by atoms with Gasteiger partial charge in [-0.05, 0) is 37.6 Å². The number of ether oxygens (including phenoxy) is 1. The largest absolute Gasteiger partial charge is 0.465 e. The number of hydrogen-bond donors (Lipinski definition) is 1. The predicted octanol–water partition coefficient (Wildman–Crippen LogP) is 3.79. The third-order valence-corrected chi connectivity index (χ3v) is 3.95. The van der Waals surface area contributed by atoms with Gasteiger partial charge in [0.05, 0.1) is 12.4 Å². The average molecular weight is 295 g/mol. The predicted molar refractivity (Wildman–Crippen MR) is 85.1 cm³/mol. The van der Waals surface area contributed by atoms with Crippen molar-refractivity contribution in [1.29, 1.82) is 0 Å². The number of thioether (sulfide) groups is 1. The van der Waals surface area contributed by atoms with Gasteiger partial charge in [-0.3, -0.25) is 4.79 Å². The van der Waals surface area contributed by atoms with E-state index < -0.39 is 0 Å². The Morgan fingerprint density at radius 2 is 2.20 bits per heavy atom. The van der Waals surface area contributed by atoms with Crippen LogP contribution >= 0.6 is 11.8 Å². The maximum Gasteiger partial charge on any atom is 0.316 e. The second-order valence-corrected chi connectivity index (χ2v) is 5.76. The van der Waals surface area contributed by atoms with Crippen molar-refractivity contribution < 1.29 is 9.53 Å². The maximum atomic E-state index is 11.6. The molecule has 1 unspecified atom stereocenters. The van der Waals surface area contributed by atoms with Gasteiger partial charge in [0.1, 0.15) is 0 Å². The molecule has 1 aromatic rings. The Labute approximate surface area is 126 Å². The highest BCUT2D eigenvalue weighted by Crippen LogP contribution is 2.22. The van der Waals surface area contributed by atoms with Gasteiger partial charge in [-0.25, -0.2) is 0 Å². The number of carbonyl (C=O) groups is 1. The van der Waals surface area contributed by atoms with Crippen molar-refractivity contribution in [2.75, 3.05) is 18.9 Å². The van der Waals surface area contributed by atoms with Gasteiger partial charge >= 0.3 is 5.97 Å². The summed E-state index contributed by atoms with van der Waals surface area (Å²) >= 11 is 1.53. The van der Waals surface area contributed by atoms with Gasteiger partial charge in [0.2, 0.25) is 0 Å². The molecule has 3 nitrogen and oxygen atoms in total. The molecule has 1 atom stereocenters. The van der Waals surface area contributed by atoms with Gasteiger partial charge in [-0.1, -0.05) is 32.4 Å². The maximum absolute atomic E-state index is 11.6. The van der Waals surface area contributed by atoms with Crippen molar-refractivity contribution in [2.45, 2.75) is 44.6 Å². The van der Waals surface area contributed by atoms with Gasteiger partial charge in [-0.15, -0.1) is 11.8 Å². The molecule has 0 fully saturated rings. The summed E-state index contributed by atoms with van der Waals surface area (Å²) in [6.07, 6.45) is 1.98. The molecule has 0 saturated carbocycles. The number of carbonyl (C=O) groups excluding carboxylic acids is 1. The number of esters is 1. The van der Waals surface area contributed by atoms with Crippen molar-refractivity contribution in [1.82, 2.24) is 5.32 Å². The first-order valence-corrected chi connectivity index (χ1v) is 8.27. The summed E-state index contributed by atoms with van der Waals surface area (Å²) in [6.45, 7) is 7.81. The summed E-state index contributed by atoms with van der Waals surface area (Å²) in [7, 11) is 0. The molecule has 0 aliphatic rings. The first kappa shape index (κ1) is 17.1. The van der Waals surface area contributed by atoms with Crippen LogP contribution in [0.25, 0.3) is 0 Å². The number of benzene rings is 1. The highest BCUT2D eigenvalue weighted by molar-refractivity contribution is 8.00. The van der Waals surface area contributed by atoms with Crippen molar-refractivity contribution in [3.63, 3.8) is 0 Å². The average Bonchev–Trinajstić information content (AvgIpc) is 2.46. The van der Waals surface area contributed by atoms with Crippen LogP contribution in [0.3, 0.4) is 0 Å². The van der Waals surface area contributed by atoms with E-state index in [2.05, 4.69) is 38.2 Å². The summed E-state index contributed by atoms with van der Waals surface area (Å²) < 4.78 is 5.15. The quantitative estimate of drug-likeness (QED) is 0.427. The van der Waals surface area contributed by atoms with Gasteiger partial charge in [-0.2, -0.15) is 0 Å². The summed E-state index contributed by atoms with van der Waals surface area (Å²) in [5, 5.41) is 3.39. The molecular weight excluding hydrogens is 270 g/mol. The molecule has 20 heavy (non-hydrogen) atoms. The van der Waals surface area contributed by atoms with Crippen LogP contribution in [0.1, 0.15) is 45.2 Å². The van der Waals surface area contributed by atoms with E-state index in [4.69, 9.17) is 4.74 Å². The first-order valence-electron chi connectivity index (χ1n) is 7.29. The Kier molecular flexibility index (Phi) is 8.38. The second-order valence-electron chi connectivity index (χ2n) is 4.71. The third-order valence-electron chi connectivity index (χ3n) is 2.99. The van der Waals surface area contributed by atoms with Crippen LogP contribution < -0.4 is 5.32 Å². The van der Waals surface area contributed by atoms with Gasteiger partial charge in [0, 0.05) is 10.9 Å². The van der Waals surface area contributed by atoms with E-state index in [0.29, 0.717) is 18.4 Å². The normalized spacial score (nSPS) is 12.2. The van der Waals surface area contributed by atoms with Crippen LogP contribution in [0, 0.1) is 0 Å². The topological polar surface area (TPSA) is 38.3 Å². The Bertz CT molecular complexity index is 409. The van der Waals surface area contributed by atoms with Crippen molar-refractivity contribution in [3.8, 4) is 0 Å². The molecule has 0 heterocycles. The molecule has 4 heteroatoms. The van der Waals surface area contributed by atoms with Crippen LogP contribution in [0.5, 0.6) is 0 Å². The standard InChI is InChI=1S/C16H25NO2S/c1-4-6-10-19-16(18)12-20-15-9-7-8-14(11-15)13(3)17-5-2/h7-9,11,13,17H,4-6,10,12H2,1-3H3. The molecule has 0 aliphatic heterocycles. The zero-order valence-corrected chi connectivity index (χ0v) is 13.5. The molecule has 1 N–H and O–H groups in total. The summed E-state index contributed by atoms with van der Waals surface area (Å²) in [5.74, 6) is 0.247. The van der Waals surface area contributed by atoms with E-state index in [9.17, 15) is 4.79 Å². The SMILES string of the molecule is CCCCOC(=O)CSc1cccc(C(C)NCC)c1. The van der Waals surface area contributed by atoms with E-state index in [1.807, 2.05) is 12.1 Å². The summed E-state index contributed by atoms with van der Waals surface area (Å²) in [6, 6.07) is 8.64. The van der Waals surface area contributed by atoms with E-state index in [1.165, 1.54) is 17.3 Å². The van der Waals surface area contributed by atoms with Crippen LogP contribution in [-0.4, -0.2) is 24.9 Å². The lowest BCUT2D eigenvalue weighted by Gasteiger charge is -2.13. The zero-order chi connectivity index (χ0) is 14.8. The molecule has 112 valence electrons. The second kappa shape index (κ2) is 9.83. The lowest BCUT2D eigenvalue weighted by molar-refractivity contribution is -0.140. The molecule has 0 radical (unpaired) electrons. The zero-order valence-electron chi connectivity index (χ0n) is 12.6. The minimum atomic E-state index is -0.131. The monoisotopic (exact) mass is 295 g/mol. The van der Waals surface area contributed by atoms with E-state index >= 15 is 0 Å². The highest BCUT2D eigenvalue weighted by atomic mass is 32.2. The Hall–Kier alpha value is -1.00. The molecule has 0 amide bonds. The molecule has 0 saturated heterocycles.